The second-order valence-electron chi connectivity index (χ2n) is 6.26. The molecule has 2 fully saturated rings. The summed E-state index contributed by atoms with van der Waals surface area (Å²) < 4.78 is 24.4. The van der Waals surface area contributed by atoms with Crippen LogP contribution in [0.5, 0.6) is 5.75 Å². The van der Waals surface area contributed by atoms with E-state index in [1.807, 2.05) is 0 Å². The van der Waals surface area contributed by atoms with Crippen molar-refractivity contribution in [1.82, 2.24) is 5.32 Å². The summed E-state index contributed by atoms with van der Waals surface area (Å²) >= 11 is 0. The second kappa shape index (κ2) is 7.54. The van der Waals surface area contributed by atoms with Gasteiger partial charge in [-0.3, -0.25) is 0 Å². The van der Waals surface area contributed by atoms with Crippen LogP contribution in [0.1, 0.15) is 19.3 Å². The lowest BCUT2D eigenvalue weighted by molar-refractivity contribution is 0.181. The minimum atomic E-state index is -0.437. The topological polar surface area (TPSA) is 59.6 Å². The zero-order valence-electron chi connectivity index (χ0n) is 13.4. The molecular formula is C18H21FN2O3. The maximum absolute atomic E-state index is 13.4. The lowest BCUT2D eigenvalue weighted by Crippen LogP contribution is -2.42. The van der Waals surface area contributed by atoms with E-state index in [1.54, 1.807) is 0 Å². The third-order valence-electron chi connectivity index (χ3n) is 4.27. The molecule has 1 aliphatic carbocycles. The molecular weight excluding hydrogens is 311 g/mol. The average molecular weight is 332 g/mol. The molecule has 1 aromatic carbocycles. The summed E-state index contributed by atoms with van der Waals surface area (Å²) in [5.41, 5.74) is 0.424. The number of urea groups is 1. The van der Waals surface area contributed by atoms with Gasteiger partial charge < -0.3 is 20.1 Å². The standard InChI is InChI=1S/C18H21FN2O3/c1-2-15(13-7-8-23-11-13)20-18(22)21-16-6-5-14(19)9-17(16)24-10-12-3-4-12/h1,5-6,9,12-13,15H,3-4,7-8,10-11H2,(H2,20,21,22)/t13-,15-/m1/s1. The van der Waals surface area contributed by atoms with E-state index in [0.29, 0.717) is 37.2 Å². The van der Waals surface area contributed by atoms with Crippen molar-refractivity contribution in [3.63, 3.8) is 0 Å². The summed E-state index contributed by atoms with van der Waals surface area (Å²) in [5.74, 6) is 3.16. The quantitative estimate of drug-likeness (QED) is 0.788. The Hall–Kier alpha value is -2.26. The van der Waals surface area contributed by atoms with Gasteiger partial charge >= 0.3 is 6.03 Å². The third-order valence-corrected chi connectivity index (χ3v) is 4.27. The number of nitrogens with one attached hydrogen (secondary N) is 2. The number of benzene rings is 1. The molecule has 1 aromatic rings. The molecule has 2 atom stereocenters. The average Bonchev–Trinajstić information content (AvgIpc) is 3.24. The SMILES string of the molecule is C#C[C@@H](NC(=O)Nc1ccc(F)cc1OCC1CC1)[C@@H]1CCOC1. The summed E-state index contributed by atoms with van der Waals surface area (Å²) in [6.07, 6.45) is 8.59. The highest BCUT2D eigenvalue weighted by atomic mass is 19.1. The van der Waals surface area contributed by atoms with Crippen molar-refractivity contribution in [2.45, 2.75) is 25.3 Å². The zero-order valence-corrected chi connectivity index (χ0v) is 13.4. The summed E-state index contributed by atoms with van der Waals surface area (Å²) in [4.78, 5) is 12.2. The van der Waals surface area contributed by atoms with Crippen LogP contribution < -0.4 is 15.4 Å². The highest BCUT2D eigenvalue weighted by Gasteiger charge is 2.26. The van der Waals surface area contributed by atoms with Gasteiger partial charge in [0.1, 0.15) is 11.6 Å². The van der Waals surface area contributed by atoms with Crippen molar-refractivity contribution in [3.8, 4) is 18.1 Å². The number of anilines is 1. The van der Waals surface area contributed by atoms with Gasteiger partial charge in [-0.15, -0.1) is 6.42 Å². The van der Waals surface area contributed by atoms with Gasteiger partial charge in [-0.2, -0.15) is 0 Å². The van der Waals surface area contributed by atoms with Crippen LogP contribution in [0.15, 0.2) is 18.2 Å². The first-order valence-corrected chi connectivity index (χ1v) is 8.19. The van der Waals surface area contributed by atoms with Crippen molar-refractivity contribution in [3.05, 3.63) is 24.0 Å². The molecule has 0 bridgehead atoms. The van der Waals surface area contributed by atoms with Crippen LogP contribution in [0, 0.1) is 30.0 Å². The van der Waals surface area contributed by atoms with Crippen molar-refractivity contribution in [2.75, 3.05) is 25.1 Å². The Morgan fingerprint density at radius 1 is 1.46 bits per heavy atom. The Kier molecular flexibility index (Phi) is 5.21. The monoisotopic (exact) mass is 332 g/mol. The normalized spacial score (nSPS) is 20.9. The molecule has 0 unspecified atom stereocenters. The highest BCUT2D eigenvalue weighted by Crippen LogP contribution is 2.32. The highest BCUT2D eigenvalue weighted by molar-refractivity contribution is 5.91. The largest absolute Gasteiger partial charge is 0.491 e. The molecule has 0 aromatic heterocycles. The van der Waals surface area contributed by atoms with Crippen LogP contribution in [0.2, 0.25) is 0 Å². The van der Waals surface area contributed by atoms with Crippen molar-refractivity contribution in [1.29, 1.82) is 0 Å². The van der Waals surface area contributed by atoms with E-state index in [2.05, 4.69) is 16.6 Å². The van der Waals surface area contributed by atoms with Gasteiger partial charge in [0.2, 0.25) is 0 Å². The van der Waals surface area contributed by atoms with Gasteiger partial charge in [0.15, 0.2) is 0 Å². The van der Waals surface area contributed by atoms with Crippen molar-refractivity contribution in [2.24, 2.45) is 11.8 Å². The van der Waals surface area contributed by atoms with E-state index < -0.39 is 17.9 Å². The minimum Gasteiger partial charge on any atom is -0.491 e. The second-order valence-corrected chi connectivity index (χ2v) is 6.26. The number of carbonyl (C=O) groups is 1. The number of ether oxygens (including phenoxy) is 2. The zero-order chi connectivity index (χ0) is 16.9. The Balaban J connectivity index is 1.61. The predicted octanol–water partition coefficient (Wildman–Crippen LogP) is 2.77. The van der Waals surface area contributed by atoms with Gasteiger partial charge in [-0.25, -0.2) is 9.18 Å². The smallest absolute Gasteiger partial charge is 0.320 e. The molecule has 2 aliphatic rings. The van der Waals surface area contributed by atoms with Gasteiger partial charge in [-0.05, 0) is 37.3 Å². The molecule has 2 amide bonds. The van der Waals surface area contributed by atoms with E-state index in [0.717, 1.165) is 19.3 Å². The molecule has 1 saturated carbocycles. The first kappa shape index (κ1) is 16.6. The molecule has 24 heavy (non-hydrogen) atoms. The Bertz CT molecular complexity index is 634. The summed E-state index contributed by atoms with van der Waals surface area (Å²) in [7, 11) is 0. The fraction of sp³-hybridized carbons (Fsp3) is 0.500. The lowest BCUT2D eigenvalue weighted by atomic mass is 10.00. The van der Waals surface area contributed by atoms with Crippen LogP contribution in [-0.4, -0.2) is 31.9 Å². The third kappa shape index (κ3) is 4.39. The van der Waals surface area contributed by atoms with Gasteiger partial charge in [0, 0.05) is 18.6 Å². The Morgan fingerprint density at radius 3 is 2.96 bits per heavy atom. The summed E-state index contributed by atoms with van der Waals surface area (Å²) in [5, 5.41) is 5.45. The molecule has 2 N–H and O–H groups in total. The van der Waals surface area contributed by atoms with E-state index >= 15 is 0 Å². The fourth-order valence-corrected chi connectivity index (χ4v) is 2.62. The van der Waals surface area contributed by atoms with E-state index in [1.165, 1.54) is 18.2 Å². The van der Waals surface area contributed by atoms with E-state index in [4.69, 9.17) is 15.9 Å². The molecule has 6 heteroatoms. The van der Waals surface area contributed by atoms with E-state index in [9.17, 15) is 9.18 Å². The molecule has 1 saturated heterocycles. The molecule has 5 nitrogen and oxygen atoms in total. The molecule has 1 heterocycles. The van der Waals surface area contributed by atoms with Crippen molar-refractivity contribution < 1.29 is 18.7 Å². The number of terminal acetylenes is 1. The van der Waals surface area contributed by atoms with Gasteiger partial charge in [-0.1, -0.05) is 5.92 Å². The summed E-state index contributed by atoms with van der Waals surface area (Å²) in [6.45, 7) is 1.73. The number of hydrogen-bond acceptors (Lipinski definition) is 3. The van der Waals surface area contributed by atoms with Crippen LogP contribution in [0.25, 0.3) is 0 Å². The van der Waals surface area contributed by atoms with Crippen LogP contribution in [0.4, 0.5) is 14.9 Å². The molecule has 1 aliphatic heterocycles. The Labute approximate surface area is 140 Å². The van der Waals surface area contributed by atoms with Crippen molar-refractivity contribution >= 4 is 11.7 Å². The number of carbonyl (C=O) groups excluding carboxylic acids is 1. The molecule has 0 spiro atoms. The predicted molar refractivity (Wildman–Crippen MR) is 88.3 cm³/mol. The number of rotatable bonds is 6. The maximum Gasteiger partial charge on any atom is 0.320 e. The van der Waals surface area contributed by atoms with Gasteiger partial charge in [0.05, 0.1) is 24.9 Å². The Morgan fingerprint density at radius 2 is 2.29 bits per heavy atom. The van der Waals surface area contributed by atoms with Crippen LogP contribution >= 0.6 is 0 Å². The first-order valence-electron chi connectivity index (χ1n) is 8.19. The first-order chi connectivity index (χ1) is 11.7. The fourth-order valence-electron chi connectivity index (χ4n) is 2.62. The number of amides is 2. The number of hydrogen-bond donors (Lipinski definition) is 2. The molecule has 3 rings (SSSR count). The maximum atomic E-state index is 13.4. The van der Waals surface area contributed by atoms with Crippen LogP contribution in [0.3, 0.4) is 0 Å². The summed E-state index contributed by atoms with van der Waals surface area (Å²) in [6, 6.07) is 3.21. The van der Waals surface area contributed by atoms with Crippen LogP contribution in [-0.2, 0) is 4.74 Å². The van der Waals surface area contributed by atoms with E-state index in [-0.39, 0.29) is 5.92 Å². The molecule has 128 valence electrons. The lowest BCUT2D eigenvalue weighted by Gasteiger charge is -2.19. The number of halogens is 1. The minimum absolute atomic E-state index is 0.111. The van der Waals surface area contributed by atoms with Gasteiger partial charge in [0.25, 0.3) is 0 Å². The molecule has 0 radical (unpaired) electrons.